The van der Waals surface area contributed by atoms with Crippen LogP contribution in [-0.4, -0.2) is 81.6 Å². The predicted molar refractivity (Wildman–Crippen MR) is 105 cm³/mol. The Bertz CT molecular complexity index is 818. The number of halogens is 1. The van der Waals surface area contributed by atoms with Crippen molar-refractivity contribution >= 4 is 17.5 Å². The summed E-state index contributed by atoms with van der Waals surface area (Å²) in [5.74, 6) is -1.19. The van der Waals surface area contributed by atoms with Gasteiger partial charge in [0.2, 0.25) is 0 Å². The lowest BCUT2D eigenvalue weighted by Gasteiger charge is -2.45. The van der Waals surface area contributed by atoms with Crippen molar-refractivity contribution in [2.75, 3.05) is 26.0 Å². The molecule has 1 aliphatic rings. The normalized spacial score (nSPS) is 34.0. The predicted octanol–water partition coefficient (Wildman–Crippen LogP) is -0.346. The third kappa shape index (κ3) is 3.46. The van der Waals surface area contributed by atoms with E-state index < -0.39 is 53.1 Å². The third-order valence-corrected chi connectivity index (χ3v) is 6.08. The van der Waals surface area contributed by atoms with Crippen LogP contribution in [0.1, 0.15) is 31.1 Å². The number of Topliss-reactive ketones (excluding diaryl/α,β-unsaturated/α-hetero) is 1. The van der Waals surface area contributed by atoms with Crippen LogP contribution in [0, 0.1) is 5.82 Å². The number of aliphatic hydroxyl groups is 3. The van der Waals surface area contributed by atoms with E-state index in [4.69, 9.17) is 5.73 Å². The minimum absolute atomic E-state index is 0.162. The van der Waals surface area contributed by atoms with Crippen LogP contribution in [0.15, 0.2) is 18.2 Å². The summed E-state index contributed by atoms with van der Waals surface area (Å²) in [6, 6.07) is 0.900. The van der Waals surface area contributed by atoms with Crippen molar-refractivity contribution in [2.24, 2.45) is 5.73 Å². The van der Waals surface area contributed by atoms with Crippen LogP contribution in [0.25, 0.3) is 0 Å². The third-order valence-electron chi connectivity index (χ3n) is 6.08. The molecule has 5 atom stereocenters. The van der Waals surface area contributed by atoms with Gasteiger partial charge in [-0.25, -0.2) is 9.18 Å². The summed E-state index contributed by atoms with van der Waals surface area (Å²) in [4.78, 5) is 25.1. The Morgan fingerprint density at radius 1 is 1.28 bits per heavy atom. The van der Waals surface area contributed by atoms with Crippen molar-refractivity contribution in [2.45, 2.75) is 49.6 Å². The van der Waals surface area contributed by atoms with Gasteiger partial charge in [-0.15, -0.1) is 0 Å². The van der Waals surface area contributed by atoms with E-state index in [1.165, 1.54) is 51.9 Å². The quantitative estimate of drug-likeness (QED) is 0.362. The smallest absolute Gasteiger partial charge is 0.317 e. The number of nitrogens with zero attached hydrogens (tertiary/aromatic N) is 1. The van der Waals surface area contributed by atoms with E-state index in [0.717, 1.165) is 6.07 Å². The number of amides is 2. The van der Waals surface area contributed by atoms with Gasteiger partial charge in [-0.3, -0.25) is 4.79 Å². The molecule has 0 saturated heterocycles. The van der Waals surface area contributed by atoms with Crippen molar-refractivity contribution in [3.8, 4) is 0 Å². The largest absolute Gasteiger partial charge is 0.393 e. The Hall–Kier alpha value is -2.27. The zero-order valence-electron chi connectivity index (χ0n) is 17.2. The van der Waals surface area contributed by atoms with Gasteiger partial charge in [0.05, 0.1) is 29.8 Å². The van der Waals surface area contributed by atoms with Gasteiger partial charge in [0, 0.05) is 19.8 Å². The standard InChI is InChI=1S/C19H29FN4O5/c1-10(26)12-8-11(6-7-13(12)20)22-15-14(21)17(2,23-16(27)24(4)5)18(3,28)19(15,29)9-25/h6-8,14-15,22,25,28-29H,9,21H2,1-5H3,(H,23,27)/t14-,15-,17-,18+,19+/m0/s1. The average molecular weight is 412 g/mol. The fraction of sp³-hybridized carbons (Fsp3) is 0.579. The summed E-state index contributed by atoms with van der Waals surface area (Å²) >= 11 is 0. The van der Waals surface area contributed by atoms with E-state index in [1.807, 2.05) is 0 Å². The van der Waals surface area contributed by atoms with Crippen molar-refractivity contribution in [3.05, 3.63) is 29.6 Å². The number of aliphatic hydroxyl groups excluding tert-OH is 1. The molecule has 1 aromatic carbocycles. The van der Waals surface area contributed by atoms with Crippen LogP contribution >= 0.6 is 0 Å². The van der Waals surface area contributed by atoms with Gasteiger partial charge in [-0.05, 0) is 39.0 Å². The first-order chi connectivity index (χ1) is 13.2. The highest BCUT2D eigenvalue weighted by molar-refractivity contribution is 5.95. The maximum Gasteiger partial charge on any atom is 0.317 e. The Morgan fingerprint density at radius 3 is 2.34 bits per heavy atom. The Balaban J connectivity index is 2.50. The van der Waals surface area contributed by atoms with E-state index >= 15 is 0 Å². The lowest BCUT2D eigenvalue weighted by Crippen LogP contribution is -2.70. The van der Waals surface area contributed by atoms with Crippen molar-refractivity contribution in [3.63, 3.8) is 0 Å². The molecular weight excluding hydrogens is 383 g/mol. The van der Waals surface area contributed by atoms with E-state index in [0.29, 0.717) is 0 Å². The number of anilines is 1. The van der Waals surface area contributed by atoms with Crippen molar-refractivity contribution in [1.29, 1.82) is 0 Å². The maximum atomic E-state index is 13.8. The number of hydrogen-bond donors (Lipinski definition) is 6. The molecule has 0 bridgehead atoms. The zero-order valence-corrected chi connectivity index (χ0v) is 17.2. The summed E-state index contributed by atoms with van der Waals surface area (Å²) in [6.45, 7) is 3.07. The summed E-state index contributed by atoms with van der Waals surface area (Å²) in [7, 11) is 3.01. The van der Waals surface area contributed by atoms with Gasteiger partial charge in [0.15, 0.2) is 5.78 Å². The monoisotopic (exact) mass is 412 g/mol. The van der Waals surface area contributed by atoms with Gasteiger partial charge in [0.25, 0.3) is 0 Å². The molecule has 1 saturated carbocycles. The molecule has 1 aromatic rings. The highest BCUT2D eigenvalue weighted by atomic mass is 19.1. The number of hydrogen-bond acceptors (Lipinski definition) is 7. The summed E-state index contributed by atoms with van der Waals surface area (Å²) in [6.07, 6.45) is 0. The molecule has 1 aliphatic carbocycles. The SMILES string of the molecule is CC(=O)c1cc(N[C@H]2[C@H](N)[C@](C)(NC(=O)N(C)C)[C@@](C)(O)[C@@]2(O)CO)ccc1F. The average Bonchev–Trinajstić information content (AvgIpc) is 2.74. The second-order valence-electron chi connectivity index (χ2n) is 8.08. The minimum Gasteiger partial charge on any atom is -0.393 e. The molecule has 0 unspecified atom stereocenters. The molecule has 0 heterocycles. The van der Waals surface area contributed by atoms with E-state index in [2.05, 4.69) is 10.6 Å². The fourth-order valence-corrected chi connectivity index (χ4v) is 3.77. The lowest BCUT2D eigenvalue weighted by atomic mass is 9.77. The minimum atomic E-state index is -2.18. The molecule has 2 amide bonds. The number of nitrogens with two attached hydrogens (primary N) is 1. The number of rotatable bonds is 5. The molecule has 162 valence electrons. The molecule has 1 fully saturated rings. The topological polar surface area (TPSA) is 148 Å². The fourth-order valence-electron chi connectivity index (χ4n) is 3.77. The highest BCUT2D eigenvalue weighted by Crippen LogP contribution is 2.47. The number of benzene rings is 1. The van der Waals surface area contributed by atoms with Crippen LogP contribution in [-0.2, 0) is 0 Å². The number of nitrogens with one attached hydrogen (secondary N) is 2. The number of urea groups is 1. The number of carbonyl (C=O) groups is 2. The molecule has 0 aliphatic heterocycles. The zero-order chi connectivity index (χ0) is 22.4. The second-order valence-corrected chi connectivity index (χ2v) is 8.08. The van der Waals surface area contributed by atoms with Gasteiger partial charge in [0.1, 0.15) is 17.0 Å². The summed E-state index contributed by atoms with van der Waals surface area (Å²) < 4.78 is 13.8. The van der Waals surface area contributed by atoms with Gasteiger partial charge in [-0.1, -0.05) is 0 Å². The van der Waals surface area contributed by atoms with Crippen molar-refractivity contribution in [1.82, 2.24) is 10.2 Å². The Labute approximate surface area is 168 Å². The van der Waals surface area contributed by atoms with E-state index in [9.17, 15) is 29.3 Å². The molecule has 0 aromatic heterocycles. The first kappa shape index (κ1) is 23.0. The van der Waals surface area contributed by atoms with Gasteiger partial charge < -0.3 is 36.6 Å². The Kier molecular flexibility index (Phi) is 5.97. The summed E-state index contributed by atoms with van der Waals surface area (Å²) in [5, 5.41) is 37.8. The van der Waals surface area contributed by atoms with Gasteiger partial charge >= 0.3 is 6.03 Å². The first-order valence-corrected chi connectivity index (χ1v) is 9.10. The molecule has 0 spiro atoms. The molecule has 7 N–H and O–H groups in total. The molecule has 0 radical (unpaired) electrons. The van der Waals surface area contributed by atoms with Crippen molar-refractivity contribution < 1.29 is 29.3 Å². The van der Waals surface area contributed by atoms with E-state index in [-0.39, 0.29) is 11.3 Å². The molecule has 9 nitrogen and oxygen atoms in total. The van der Waals surface area contributed by atoms with Crippen LogP contribution in [0.3, 0.4) is 0 Å². The second kappa shape index (κ2) is 7.52. The van der Waals surface area contributed by atoms with Crippen LogP contribution in [0.4, 0.5) is 14.9 Å². The maximum absolute atomic E-state index is 13.8. The van der Waals surface area contributed by atoms with E-state index in [1.54, 1.807) is 0 Å². The van der Waals surface area contributed by atoms with Crippen LogP contribution in [0.5, 0.6) is 0 Å². The highest BCUT2D eigenvalue weighted by Gasteiger charge is 2.72. The molecular formula is C19H29FN4O5. The number of carbonyl (C=O) groups excluding carboxylic acids is 2. The number of ketones is 1. The first-order valence-electron chi connectivity index (χ1n) is 9.10. The van der Waals surface area contributed by atoms with Crippen LogP contribution < -0.4 is 16.4 Å². The lowest BCUT2D eigenvalue weighted by molar-refractivity contribution is -0.168. The molecule has 29 heavy (non-hydrogen) atoms. The molecule has 10 heteroatoms. The summed E-state index contributed by atoms with van der Waals surface area (Å²) in [5.41, 5.74) is 0.652. The van der Waals surface area contributed by atoms with Gasteiger partial charge in [-0.2, -0.15) is 0 Å². The molecule has 2 rings (SSSR count). The Morgan fingerprint density at radius 2 is 1.86 bits per heavy atom. The van der Waals surface area contributed by atoms with Crippen LogP contribution in [0.2, 0.25) is 0 Å².